The van der Waals surface area contributed by atoms with Crippen LogP contribution in [0.1, 0.15) is 32.1 Å². The van der Waals surface area contributed by atoms with Crippen LogP contribution in [0.4, 0.5) is 0 Å². The van der Waals surface area contributed by atoms with Crippen molar-refractivity contribution in [3.05, 3.63) is 30.2 Å². The zero-order chi connectivity index (χ0) is 19.3. The number of amides is 2. The van der Waals surface area contributed by atoms with Gasteiger partial charge in [-0.05, 0) is 25.0 Å². The number of rotatable bonds is 5. The van der Waals surface area contributed by atoms with Crippen molar-refractivity contribution in [3.8, 4) is 0 Å². The van der Waals surface area contributed by atoms with Crippen LogP contribution in [-0.2, 0) is 20.7 Å². The second kappa shape index (κ2) is 6.58. The third-order valence-electron chi connectivity index (χ3n) is 6.63. The SMILES string of the molecule is CCC(=O)NC[C@H]1[C@H]2CN(C(=O)Cc3nc4ccccc4o3)C[C@]23CC[C@H]1O3. The van der Waals surface area contributed by atoms with Crippen LogP contribution >= 0.6 is 0 Å². The van der Waals surface area contributed by atoms with Gasteiger partial charge in [-0.3, -0.25) is 9.59 Å². The van der Waals surface area contributed by atoms with Crippen LogP contribution in [0.5, 0.6) is 0 Å². The lowest BCUT2D eigenvalue weighted by Crippen LogP contribution is -2.41. The Kier molecular flexibility index (Phi) is 4.16. The number of hydrogen-bond acceptors (Lipinski definition) is 5. The van der Waals surface area contributed by atoms with Crippen LogP contribution in [0.25, 0.3) is 11.1 Å². The summed E-state index contributed by atoms with van der Waals surface area (Å²) in [5.74, 6) is 1.12. The number of carbonyl (C=O) groups excluding carboxylic acids is 2. The minimum atomic E-state index is -0.233. The van der Waals surface area contributed by atoms with Crippen molar-refractivity contribution >= 4 is 22.9 Å². The summed E-state index contributed by atoms with van der Waals surface area (Å²) in [5.41, 5.74) is 1.25. The second-order valence-electron chi connectivity index (χ2n) is 8.21. The number of fused-ring (bicyclic) bond motifs is 2. The van der Waals surface area contributed by atoms with E-state index in [1.54, 1.807) is 0 Å². The number of likely N-dealkylation sites (tertiary alicyclic amines) is 1. The van der Waals surface area contributed by atoms with Crippen LogP contribution < -0.4 is 5.32 Å². The van der Waals surface area contributed by atoms with Crippen LogP contribution in [0.2, 0.25) is 0 Å². The number of carbonyl (C=O) groups is 2. The molecule has 0 radical (unpaired) electrons. The highest BCUT2D eigenvalue weighted by Crippen LogP contribution is 2.54. The number of hydrogen-bond donors (Lipinski definition) is 1. The average Bonchev–Trinajstić information content (AvgIpc) is 3.43. The average molecular weight is 383 g/mol. The van der Waals surface area contributed by atoms with Crippen molar-refractivity contribution in [1.82, 2.24) is 15.2 Å². The summed E-state index contributed by atoms with van der Waals surface area (Å²) < 4.78 is 12.1. The summed E-state index contributed by atoms with van der Waals surface area (Å²) >= 11 is 0. The molecule has 7 nitrogen and oxygen atoms in total. The molecule has 1 aromatic heterocycles. The molecule has 4 atom stereocenters. The second-order valence-corrected chi connectivity index (χ2v) is 8.21. The molecular weight excluding hydrogens is 358 g/mol. The Morgan fingerprint density at radius 2 is 2.21 bits per heavy atom. The molecule has 3 saturated heterocycles. The normalized spacial score (nSPS) is 30.8. The Hall–Kier alpha value is -2.41. The fourth-order valence-electron chi connectivity index (χ4n) is 5.25. The fraction of sp³-hybridized carbons (Fsp3) is 0.571. The number of benzene rings is 1. The van der Waals surface area contributed by atoms with Crippen LogP contribution in [0, 0.1) is 11.8 Å². The number of nitrogens with zero attached hydrogens (tertiary/aromatic N) is 2. The number of ether oxygens (including phenoxy) is 1. The van der Waals surface area contributed by atoms with E-state index >= 15 is 0 Å². The highest BCUT2D eigenvalue weighted by molar-refractivity contribution is 5.80. The zero-order valence-electron chi connectivity index (χ0n) is 16.0. The summed E-state index contributed by atoms with van der Waals surface area (Å²) in [4.78, 5) is 30.9. The Morgan fingerprint density at radius 3 is 3.04 bits per heavy atom. The zero-order valence-corrected chi connectivity index (χ0v) is 16.0. The fourth-order valence-corrected chi connectivity index (χ4v) is 5.25. The van der Waals surface area contributed by atoms with Crippen molar-refractivity contribution in [1.29, 1.82) is 0 Å². The minimum Gasteiger partial charge on any atom is -0.440 e. The van der Waals surface area contributed by atoms with E-state index in [2.05, 4.69) is 10.3 Å². The highest BCUT2D eigenvalue weighted by Gasteiger charge is 2.63. The van der Waals surface area contributed by atoms with Crippen molar-refractivity contribution in [2.45, 2.75) is 44.3 Å². The van der Waals surface area contributed by atoms with E-state index in [1.807, 2.05) is 36.1 Å². The van der Waals surface area contributed by atoms with Gasteiger partial charge in [0.2, 0.25) is 17.7 Å². The van der Waals surface area contributed by atoms with Crippen LogP contribution in [0.15, 0.2) is 28.7 Å². The highest BCUT2D eigenvalue weighted by atomic mass is 16.5. The molecular formula is C21H25N3O4. The predicted octanol–water partition coefficient (Wildman–Crippen LogP) is 1.90. The van der Waals surface area contributed by atoms with E-state index in [0.29, 0.717) is 37.5 Å². The first-order valence-electron chi connectivity index (χ1n) is 10.1. The first-order chi connectivity index (χ1) is 13.6. The summed E-state index contributed by atoms with van der Waals surface area (Å²) in [6.07, 6.45) is 2.86. The van der Waals surface area contributed by atoms with Gasteiger partial charge in [-0.15, -0.1) is 0 Å². The summed E-state index contributed by atoms with van der Waals surface area (Å²) in [6.45, 7) is 3.81. The van der Waals surface area contributed by atoms with E-state index in [4.69, 9.17) is 9.15 Å². The maximum Gasteiger partial charge on any atom is 0.232 e. The van der Waals surface area contributed by atoms with Gasteiger partial charge in [-0.1, -0.05) is 19.1 Å². The molecule has 2 aromatic rings. The predicted molar refractivity (Wildman–Crippen MR) is 101 cm³/mol. The largest absolute Gasteiger partial charge is 0.440 e. The third kappa shape index (κ3) is 2.80. The number of nitrogens with one attached hydrogen (secondary N) is 1. The number of aromatic nitrogens is 1. The van der Waals surface area contributed by atoms with E-state index in [0.717, 1.165) is 18.4 Å². The molecule has 148 valence electrons. The van der Waals surface area contributed by atoms with Crippen molar-refractivity contribution in [2.24, 2.45) is 11.8 Å². The van der Waals surface area contributed by atoms with Gasteiger partial charge in [0, 0.05) is 31.3 Å². The standard InChI is InChI=1S/C21H25N3O4/c1-2-18(25)22-10-13-14-11-24(12-21(14)8-7-16(13)28-21)20(26)9-19-23-15-5-3-4-6-17(15)27-19/h3-6,13-14,16H,2,7-12H2,1H3,(H,22,25)/t13-,14+,16+,21+/m0/s1. The quantitative estimate of drug-likeness (QED) is 0.853. The molecule has 7 heteroatoms. The maximum atomic E-state index is 12.9. The van der Waals surface area contributed by atoms with E-state index in [-0.39, 0.29) is 41.8 Å². The third-order valence-corrected chi connectivity index (χ3v) is 6.63. The lowest BCUT2D eigenvalue weighted by molar-refractivity contribution is -0.131. The molecule has 3 aliphatic rings. The molecule has 1 aromatic carbocycles. The molecule has 0 unspecified atom stereocenters. The molecule has 0 saturated carbocycles. The Morgan fingerprint density at radius 1 is 1.36 bits per heavy atom. The molecule has 0 aliphatic carbocycles. The van der Waals surface area contributed by atoms with Gasteiger partial charge in [0.1, 0.15) is 11.9 Å². The first-order valence-corrected chi connectivity index (χ1v) is 10.1. The topological polar surface area (TPSA) is 84.7 Å². The van der Waals surface area contributed by atoms with Crippen molar-refractivity contribution in [2.75, 3.05) is 19.6 Å². The van der Waals surface area contributed by atoms with E-state index < -0.39 is 0 Å². The van der Waals surface area contributed by atoms with Gasteiger partial charge >= 0.3 is 0 Å². The number of para-hydroxylation sites is 2. The molecule has 5 rings (SSSR count). The van der Waals surface area contributed by atoms with Gasteiger partial charge < -0.3 is 19.4 Å². The summed E-state index contributed by atoms with van der Waals surface area (Å²) in [7, 11) is 0. The van der Waals surface area contributed by atoms with Crippen LogP contribution in [-0.4, -0.2) is 53.0 Å². The van der Waals surface area contributed by atoms with Gasteiger partial charge in [-0.2, -0.15) is 0 Å². The smallest absolute Gasteiger partial charge is 0.232 e. The monoisotopic (exact) mass is 383 g/mol. The van der Waals surface area contributed by atoms with Gasteiger partial charge in [0.15, 0.2) is 5.58 Å². The van der Waals surface area contributed by atoms with Crippen molar-refractivity contribution in [3.63, 3.8) is 0 Å². The molecule has 1 N–H and O–H groups in total. The first kappa shape index (κ1) is 17.7. The van der Waals surface area contributed by atoms with Crippen molar-refractivity contribution < 1.29 is 18.7 Å². The summed E-state index contributed by atoms with van der Waals surface area (Å²) in [6, 6.07) is 7.54. The summed E-state index contributed by atoms with van der Waals surface area (Å²) in [5, 5.41) is 3.02. The van der Waals surface area contributed by atoms with Gasteiger partial charge in [0.05, 0.1) is 18.2 Å². The molecule has 3 fully saturated rings. The Labute approximate surface area is 163 Å². The van der Waals surface area contributed by atoms with E-state index in [9.17, 15) is 9.59 Å². The molecule has 2 amide bonds. The lowest BCUT2D eigenvalue weighted by atomic mass is 9.73. The van der Waals surface area contributed by atoms with Gasteiger partial charge in [-0.25, -0.2) is 4.98 Å². The molecule has 1 spiro atoms. The molecule has 2 bridgehead atoms. The lowest BCUT2D eigenvalue weighted by Gasteiger charge is -2.29. The molecule has 4 heterocycles. The number of oxazole rings is 1. The van der Waals surface area contributed by atoms with Crippen LogP contribution in [0.3, 0.4) is 0 Å². The molecule has 28 heavy (non-hydrogen) atoms. The maximum absolute atomic E-state index is 12.9. The Bertz CT molecular complexity index is 892. The van der Waals surface area contributed by atoms with Gasteiger partial charge in [0.25, 0.3) is 0 Å². The van der Waals surface area contributed by atoms with E-state index in [1.165, 1.54) is 0 Å². The molecule has 3 aliphatic heterocycles. The minimum absolute atomic E-state index is 0.0266. The Balaban J connectivity index is 1.27.